The van der Waals surface area contributed by atoms with Crippen LogP contribution in [0.4, 0.5) is 0 Å². The molecule has 1 heterocycles. The summed E-state index contributed by atoms with van der Waals surface area (Å²) in [5, 5.41) is 9.57. The molecule has 112 valence electrons. The van der Waals surface area contributed by atoms with Crippen molar-refractivity contribution in [3.05, 3.63) is 29.3 Å². The SMILES string of the molecule is CCOc1ccc(-c2ncc(CC(=O)O)s2)cc1OCC. The van der Waals surface area contributed by atoms with E-state index in [4.69, 9.17) is 14.6 Å². The number of ether oxygens (including phenoxy) is 2. The first-order valence-corrected chi connectivity index (χ1v) is 7.52. The standard InChI is InChI=1S/C15H17NO4S/c1-3-19-12-6-5-10(7-13(12)20-4-2)15-16-9-11(21-15)8-14(17)18/h5-7,9H,3-4,8H2,1-2H3,(H,17,18). The highest BCUT2D eigenvalue weighted by atomic mass is 32.1. The molecule has 21 heavy (non-hydrogen) atoms. The largest absolute Gasteiger partial charge is 0.490 e. The maximum atomic E-state index is 10.7. The number of carboxylic acid groups (broad SMARTS) is 1. The van der Waals surface area contributed by atoms with E-state index in [2.05, 4.69) is 4.98 Å². The molecule has 0 fully saturated rings. The number of aromatic nitrogens is 1. The van der Waals surface area contributed by atoms with Crippen molar-refractivity contribution in [1.82, 2.24) is 4.98 Å². The quantitative estimate of drug-likeness (QED) is 0.850. The highest BCUT2D eigenvalue weighted by molar-refractivity contribution is 7.15. The Morgan fingerprint density at radius 1 is 1.24 bits per heavy atom. The molecule has 0 unspecified atom stereocenters. The van der Waals surface area contributed by atoms with Crippen LogP contribution in [0, 0.1) is 0 Å². The Balaban J connectivity index is 2.28. The average molecular weight is 307 g/mol. The van der Waals surface area contributed by atoms with Crippen LogP contribution in [0.2, 0.25) is 0 Å². The Morgan fingerprint density at radius 3 is 2.62 bits per heavy atom. The predicted octanol–water partition coefficient (Wildman–Crippen LogP) is 3.23. The molecular formula is C15H17NO4S. The molecule has 0 radical (unpaired) electrons. The predicted molar refractivity (Wildman–Crippen MR) is 81.2 cm³/mol. The lowest BCUT2D eigenvalue weighted by Gasteiger charge is -2.11. The minimum Gasteiger partial charge on any atom is -0.490 e. The van der Waals surface area contributed by atoms with Crippen LogP contribution in [0.1, 0.15) is 18.7 Å². The van der Waals surface area contributed by atoms with Gasteiger partial charge >= 0.3 is 5.97 Å². The van der Waals surface area contributed by atoms with Crippen molar-refractivity contribution in [1.29, 1.82) is 0 Å². The van der Waals surface area contributed by atoms with Gasteiger partial charge in [-0.15, -0.1) is 11.3 Å². The van der Waals surface area contributed by atoms with Gasteiger partial charge in [0, 0.05) is 16.6 Å². The number of rotatable bonds is 7. The first-order valence-electron chi connectivity index (χ1n) is 6.70. The van der Waals surface area contributed by atoms with Crippen molar-refractivity contribution >= 4 is 17.3 Å². The minimum atomic E-state index is -0.855. The van der Waals surface area contributed by atoms with Crippen LogP contribution in [0.25, 0.3) is 10.6 Å². The second-order valence-corrected chi connectivity index (χ2v) is 5.34. The molecule has 1 N–H and O–H groups in total. The number of hydrogen-bond donors (Lipinski definition) is 1. The van der Waals surface area contributed by atoms with Crippen LogP contribution in [-0.2, 0) is 11.2 Å². The Morgan fingerprint density at radius 2 is 1.95 bits per heavy atom. The Hall–Kier alpha value is -2.08. The summed E-state index contributed by atoms with van der Waals surface area (Å²) in [4.78, 5) is 15.7. The molecule has 1 aromatic heterocycles. The van der Waals surface area contributed by atoms with Gasteiger partial charge in [0.2, 0.25) is 0 Å². The van der Waals surface area contributed by atoms with Crippen LogP contribution in [0.15, 0.2) is 24.4 Å². The van der Waals surface area contributed by atoms with Gasteiger partial charge in [-0.3, -0.25) is 4.79 Å². The zero-order valence-corrected chi connectivity index (χ0v) is 12.8. The second-order valence-electron chi connectivity index (χ2n) is 4.23. The summed E-state index contributed by atoms with van der Waals surface area (Å²) in [5.41, 5.74) is 0.892. The van der Waals surface area contributed by atoms with E-state index in [9.17, 15) is 4.79 Å². The first-order chi connectivity index (χ1) is 10.1. The normalized spacial score (nSPS) is 10.4. The third kappa shape index (κ3) is 3.95. The highest BCUT2D eigenvalue weighted by Gasteiger charge is 2.11. The molecule has 0 amide bonds. The monoisotopic (exact) mass is 307 g/mol. The van der Waals surface area contributed by atoms with Crippen molar-refractivity contribution in [2.45, 2.75) is 20.3 Å². The van der Waals surface area contributed by atoms with Crippen LogP contribution in [-0.4, -0.2) is 29.3 Å². The Kier molecular flexibility index (Phi) is 5.16. The zero-order valence-electron chi connectivity index (χ0n) is 12.0. The maximum absolute atomic E-state index is 10.7. The number of benzene rings is 1. The fraction of sp³-hybridized carbons (Fsp3) is 0.333. The average Bonchev–Trinajstić information content (AvgIpc) is 2.89. The van der Waals surface area contributed by atoms with Crippen LogP contribution >= 0.6 is 11.3 Å². The molecule has 0 saturated heterocycles. The van der Waals surface area contributed by atoms with Crippen LogP contribution in [0.3, 0.4) is 0 Å². The van der Waals surface area contributed by atoms with Crippen molar-refractivity contribution in [3.63, 3.8) is 0 Å². The van der Waals surface area contributed by atoms with Crippen molar-refractivity contribution < 1.29 is 19.4 Å². The molecule has 2 rings (SSSR count). The van der Waals surface area contributed by atoms with E-state index in [0.29, 0.717) is 24.7 Å². The lowest BCUT2D eigenvalue weighted by atomic mass is 10.2. The van der Waals surface area contributed by atoms with E-state index in [1.807, 2.05) is 32.0 Å². The molecule has 0 bridgehead atoms. The van der Waals surface area contributed by atoms with Crippen molar-refractivity contribution in [2.24, 2.45) is 0 Å². The molecule has 6 heteroatoms. The Labute approximate surface area is 127 Å². The van der Waals surface area contributed by atoms with E-state index in [1.54, 1.807) is 6.20 Å². The third-order valence-corrected chi connectivity index (χ3v) is 3.72. The smallest absolute Gasteiger partial charge is 0.308 e. The summed E-state index contributed by atoms with van der Waals surface area (Å²) in [6.45, 7) is 4.95. The van der Waals surface area contributed by atoms with Gasteiger partial charge in [-0.2, -0.15) is 0 Å². The maximum Gasteiger partial charge on any atom is 0.308 e. The summed E-state index contributed by atoms with van der Waals surface area (Å²) in [6.07, 6.45) is 1.60. The summed E-state index contributed by atoms with van der Waals surface area (Å²) >= 11 is 1.37. The van der Waals surface area contributed by atoms with Crippen molar-refractivity contribution in [2.75, 3.05) is 13.2 Å². The van der Waals surface area contributed by atoms with Gasteiger partial charge < -0.3 is 14.6 Å². The molecule has 1 aromatic carbocycles. The molecule has 0 aliphatic carbocycles. The van der Waals surface area contributed by atoms with E-state index >= 15 is 0 Å². The number of carboxylic acids is 1. The van der Waals surface area contributed by atoms with E-state index < -0.39 is 5.97 Å². The second kappa shape index (κ2) is 7.08. The molecule has 0 spiro atoms. The lowest BCUT2D eigenvalue weighted by Crippen LogP contribution is -1.98. The molecule has 0 aliphatic rings. The van der Waals surface area contributed by atoms with Gasteiger partial charge in [-0.1, -0.05) is 0 Å². The van der Waals surface area contributed by atoms with Crippen LogP contribution in [0.5, 0.6) is 11.5 Å². The van der Waals surface area contributed by atoms with E-state index in [-0.39, 0.29) is 6.42 Å². The first kappa shape index (κ1) is 15.3. The fourth-order valence-corrected chi connectivity index (χ4v) is 2.76. The van der Waals surface area contributed by atoms with E-state index in [0.717, 1.165) is 15.4 Å². The molecule has 5 nitrogen and oxygen atoms in total. The number of carbonyl (C=O) groups is 1. The van der Waals surface area contributed by atoms with Gasteiger partial charge in [-0.25, -0.2) is 4.98 Å². The minimum absolute atomic E-state index is 0.00693. The van der Waals surface area contributed by atoms with Crippen LogP contribution < -0.4 is 9.47 Å². The fourth-order valence-electron chi connectivity index (χ4n) is 1.86. The summed E-state index contributed by atoms with van der Waals surface area (Å²) in [7, 11) is 0. The van der Waals surface area contributed by atoms with Gasteiger partial charge in [0.15, 0.2) is 11.5 Å². The highest BCUT2D eigenvalue weighted by Crippen LogP contribution is 2.34. The molecule has 0 atom stereocenters. The summed E-state index contributed by atoms with van der Waals surface area (Å²) in [6, 6.07) is 5.62. The number of hydrogen-bond acceptors (Lipinski definition) is 5. The van der Waals surface area contributed by atoms with E-state index in [1.165, 1.54) is 11.3 Å². The lowest BCUT2D eigenvalue weighted by molar-refractivity contribution is -0.136. The molecular weight excluding hydrogens is 290 g/mol. The van der Waals surface area contributed by atoms with Gasteiger partial charge in [0.05, 0.1) is 19.6 Å². The molecule has 2 aromatic rings. The molecule has 0 saturated carbocycles. The third-order valence-electron chi connectivity index (χ3n) is 2.67. The van der Waals surface area contributed by atoms with Gasteiger partial charge in [0.25, 0.3) is 0 Å². The number of nitrogens with zero attached hydrogens (tertiary/aromatic N) is 1. The topological polar surface area (TPSA) is 68.7 Å². The van der Waals surface area contributed by atoms with Crippen molar-refractivity contribution in [3.8, 4) is 22.1 Å². The summed E-state index contributed by atoms with van der Waals surface area (Å²) < 4.78 is 11.1. The zero-order chi connectivity index (χ0) is 15.2. The molecule has 0 aliphatic heterocycles. The van der Waals surface area contributed by atoms with Gasteiger partial charge in [-0.05, 0) is 32.0 Å². The number of aliphatic carboxylic acids is 1. The Bertz CT molecular complexity index is 624. The summed E-state index contributed by atoms with van der Waals surface area (Å²) in [5.74, 6) is 0.518. The van der Waals surface area contributed by atoms with Gasteiger partial charge in [0.1, 0.15) is 5.01 Å². The number of thiazole rings is 1.